The number of hydrogen-bond acceptors (Lipinski definition) is 7. The Bertz CT molecular complexity index is 1210. The van der Waals surface area contributed by atoms with Crippen molar-refractivity contribution in [2.75, 3.05) is 5.32 Å². The average molecular weight is 532 g/mol. The monoisotopic (exact) mass is 531 g/mol. The first kappa shape index (κ1) is 24.7. The molecule has 0 unspecified atom stereocenters. The van der Waals surface area contributed by atoms with Gasteiger partial charge in [0.15, 0.2) is 5.01 Å². The van der Waals surface area contributed by atoms with E-state index in [0.717, 1.165) is 56.3 Å². The van der Waals surface area contributed by atoms with Crippen molar-refractivity contribution in [3.05, 3.63) is 28.5 Å². The molecular weight excluding hydrogens is 500 g/mol. The number of aromatic nitrogens is 2. The van der Waals surface area contributed by atoms with Crippen molar-refractivity contribution in [2.45, 2.75) is 101 Å². The summed E-state index contributed by atoms with van der Waals surface area (Å²) in [5, 5.41) is 15.7. The van der Waals surface area contributed by atoms with E-state index >= 15 is 0 Å². The van der Waals surface area contributed by atoms with Crippen LogP contribution in [0.1, 0.15) is 97.0 Å². The highest BCUT2D eigenvalue weighted by Gasteiger charge is 2.44. The van der Waals surface area contributed by atoms with Crippen LogP contribution in [0.3, 0.4) is 0 Å². The summed E-state index contributed by atoms with van der Waals surface area (Å²) in [6, 6.07) is 1.44. The second kappa shape index (κ2) is 9.27. The number of thiazole rings is 1. The second-order valence-corrected chi connectivity index (χ2v) is 12.2. The first-order valence-corrected chi connectivity index (χ1v) is 13.9. The topological polar surface area (TPSA) is 107 Å². The highest BCUT2D eigenvalue weighted by molar-refractivity contribution is 7.17. The minimum Gasteiger partial charge on any atom is -0.393 e. The van der Waals surface area contributed by atoms with Crippen molar-refractivity contribution in [3.63, 3.8) is 0 Å². The van der Waals surface area contributed by atoms with Crippen LogP contribution in [0.15, 0.2) is 12.3 Å². The number of pyridine rings is 1. The summed E-state index contributed by atoms with van der Waals surface area (Å²) in [5.74, 6) is -0.397. The number of fused-ring (bicyclic) bond motifs is 2. The molecule has 3 N–H and O–H groups in total. The average Bonchev–Trinajstić information content (AvgIpc) is 3.56. The summed E-state index contributed by atoms with van der Waals surface area (Å²) in [7, 11) is 0. The van der Waals surface area contributed by atoms with Crippen LogP contribution in [0.2, 0.25) is 0 Å². The van der Waals surface area contributed by atoms with E-state index in [-0.39, 0.29) is 56.3 Å². The van der Waals surface area contributed by atoms with E-state index in [2.05, 4.69) is 20.6 Å². The molecule has 11 heteroatoms. The van der Waals surface area contributed by atoms with Crippen LogP contribution in [-0.2, 0) is 0 Å². The lowest BCUT2D eigenvalue weighted by atomic mass is 9.78. The number of amides is 2. The Hall–Kier alpha value is -2.66. The van der Waals surface area contributed by atoms with Crippen LogP contribution in [0, 0.1) is 0 Å². The molecule has 6 rings (SSSR count). The van der Waals surface area contributed by atoms with Gasteiger partial charge in [0.05, 0.1) is 11.0 Å². The number of rotatable bonds is 7. The summed E-state index contributed by atoms with van der Waals surface area (Å²) in [6.45, 7) is 2.05. The predicted octanol–water partition coefficient (Wildman–Crippen LogP) is 4.52. The summed E-state index contributed by atoms with van der Waals surface area (Å²) in [6.07, 6.45) is 5.74. The Morgan fingerprint density at radius 2 is 1.86 bits per heavy atom. The van der Waals surface area contributed by atoms with Gasteiger partial charge in [-0.3, -0.25) is 9.59 Å². The Labute approximate surface area is 217 Å². The second-order valence-electron chi connectivity index (χ2n) is 11.2. The lowest BCUT2D eigenvalue weighted by Crippen LogP contribution is -2.46. The van der Waals surface area contributed by atoms with E-state index in [9.17, 15) is 23.5 Å². The summed E-state index contributed by atoms with van der Waals surface area (Å²) < 4.78 is 28.7. The number of alkyl halides is 2. The van der Waals surface area contributed by atoms with Crippen molar-refractivity contribution >= 4 is 29.0 Å². The third-order valence-corrected chi connectivity index (χ3v) is 9.55. The lowest BCUT2D eigenvalue weighted by Gasteiger charge is -2.39. The van der Waals surface area contributed by atoms with Gasteiger partial charge in [0, 0.05) is 41.0 Å². The number of carbonyl (C=O) groups excluding carboxylic acids is 2. The number of anilines is 1. The SMILES string of the molecule is CC1(Nc2cc(C(F)F)c(-c3sc(C(=O)N[C@H]4C[C@H](O)C4)nc3C(=O)N3[C@H]4CC[C@H]3CC4)cn2)CCC1. The van der Waals surface area contributed by atoms with Gasteiger partial charge in [-0.2, -0.15) is 0 Å². The van der Waals surface area contributed by atoms with Crippen LogP contribution < -0.4 is 10.6 Å². The molecule has 4 fully saturated rings. The van der Waals surface area contributed by atoms with E-state index in [1.807, 2.05) is 11.8 Å². The maximum Gasteiger partial charge on any atom is 0.280 e. The zero-order valence-electron chi connectivity index (χ0n) is 20.7. The fourth-order valence-corrected chi connectivity index (χ4v) is 7.11. The first-order valence-electron chi connectivity index (χ1n) is 13.1. The van der Waals surface area contributed by atoms with Gasteiger partial charge in [-0.05, 0) is 70.8 Å². The number of carbonyl (C=O) groups is 2. The molecule has 2 amide bonds. The fourth-order valence-electron chi connectivity index (χ4n) is 6.12. The standard InChI is InChI=1S/C26H31F2N5O3S/c1-26(7-2-8-26)32-19-11-17(22(27)28)18(12-29-19)21-20(25(36)33-14-3-4-15(33)6-5-14)31-24(37-21)23(35)30-13-9-16(34)10-13/h11-16,22,34H,2-10H2,1H3,(H,29,32)(H,30,35)/t13-,14-,15-,16-. The van der Waals surface area contributed by atoms with Crippen LogP contribution in [0.4, 0.5) is 14.6 Å². The molecule has 4 heterocycles. The fraction of sp³-hybridized carbons (Fsp3) is 0.615. The van der Waals surface area contributed by atoms with Crippen molar-refractivity contribution < 1.29 is 23.5 Å². The Morgan fingerprint density at radius 1 is 1.19 bits per heavy atom. The van der Waals surface area contributed by atoms with Gasteiger partial charge < -0.3 is 20.6 Å². The van der Waals surface area contributed by atoms with Crippen molar-refractivity contribution in [1.29, 1.82) is 0 Å². The molecule has 0 spiro atoms. The Kier molecular flexibility index (Phi) is 6.18. The van der Waals surface area contributed by atoms with Gasteiger partial charge in [0.1, 0.15) is 11.5 Å². The summed E-state index contributed by atoms with van der Waals surface area (Å²) >= 11 is 0.947. The molecule has 2 saturated heterocycles. The van der Waals surface area contributed by atoms with Gasteiger partial charge >= 0.3 is 0 Å². The number of nitrogens with zero attached hydrogens (tertiary/aromatic N) is 3. The normalized spacial score (nSPS) is 27.6. The Balaban J connectivity index is 1.37. The van der Waals surface area contributed by atoms with Crippen LogP contribution in [0.25, 0.3) is 10.4 Å². The van der Waals surface area contributed by atoms with Gasteiger partial charge in [0.2, 0.25) is 0 Å². The molecule has 8 nitrogen and oxygen atoms in total. The third-order valence-electron chi connectivity index (χ3n) is 8.46. The molecule has 37 heavy (non-hydrogen) atoms. The zero-order valence-corrected chi connectivity index (χ0v) is 21.5. The molecule has 4 aliphatic rings. The van der Waals surface area contributed by atoms with Gasteiger partial charge in [0.25, 0.3) is 18.2 Å². The molecule has 0 aromatic carbocycles. The molecule has 2 aliphatic heterocycles. The van der Waals surface area contributed by atoms with Crippen molar-refractivity contribution in [1.82, 2.24) is 20.2 Å². The molecular formula is C26H31F2N5O3S. The quantitative estimate of drug-likeness (QED) is 0.485. The molecule has 0 radical (unpaired) electrons. The smallest absolute Gasteiger partial charge is 0.280 e. The predicted molar refractivity (Wildman–Crippen MR) is 135 cm³/mol. The van der Waals surface area contributed by atoms with Crippen LogP contribution >= 0.6 is 11.3 Å². The van der Waals surface area contributed by atoms with E-state index in [0.29, 0.717) is 18.7 Å². The van der Waals surface area contributed by atoms with E-state index in [4.69, 9.17) is 0 Å². The number of aliphatic hydroxyl groups is 1. The highest BCUT2D eigenvalue weighted by Crippen LogP contribution is 2.43. The number of nitrogens with one attached hydrogen (secondary N) is 2. The zero-order chi connectivity index (χ0) is 25.9. The molecule has 198 valence electrons. The first-order chi connectivity index (χ1) is 17.7. The van der Waals surface area contributed by atoms with Crippen LogP contribution in [0.5, 0.6) is 0 Å². The number of hydrogen-bond donors (Lipinski definition) is 3. The van der Waals surface area contributed by atoms with Crippen LogP contribution in [-0.4, -0.2) is 61.6 Å². The molecule has 2 aromatic heterocycles. The minimum atomic E-state index is -2.80. The molecule has 0 atom stereocenters. The third kappa shape index (κ3) is 4.50. The maximum absolute atomic E-state index is 14.3. The molecule has 2 bridgehead atoms. The van der Waals surface area contributed by atoms with Gasteiger partial charge in [-0.15, -0.1) is 11.3 Å². The number of halogens is 2. The summed E-state index contributed by atoms with van der Waals surface area (Å²) in [4.78, 5) is 37.6. The molecule has 2 aromatic rings. The molecule has 2 saturated carbocycles. The highest BCUT2D eigenvalue weighted by atomic mass is 32.1. The lowest BCUT2D eigenvalue weighted by molar-refractivity contribution is 0.0562. The van der Waals surface area contributed by atoms with Gasteiger partial charge in [-0.1, -0.05) is 0 Å². The van der Waals surface area contributed by atoms with Crippen molar-refractivity contribution in [3.8, 4) is 10.4 Å². The Morgan fingerprint density at radius 3 is 2.43 bits per heavy atom. The van der Waals surface area contributed by atoms with E-state index in [1.165, 1.54) is 12.3 Å². The van der Waals surface area contributed by atoms with E-state index in [1.54, 1.807) is 0 Å². The largest absolute Gasteiger partial charge is 0.393 e. The summed E-state index contributed by atoms with van der Waals surface area (Å²) in [5.41, 5.74) is -0.228. The molecule has 2 aliphatic carbocycles. The van der Waals surface area contributed by atoms with Gasteiger partial charge in [-0.25, -0.2) is 18.7 Å². The van der Waals surface area contributed by atoms with E-state index < -0.39 is 18.4 Å². The maximum atomic E-state index is 14.3. The minimum absolute atomic E-state index is 0.0398. The number of aliphatic hydroxyl groups excluding tert-OH is 1. The van der Waals surface area contributed by atoms with Crippen molar-refractivity contribution in [2.24, 2.45) is 0 Å².